The fraction of sp³-hybridized carbons (Fsp3) is 0.235. The molecule has 0 aliphatic carbocycles. The summed E-state index contributed by atoms with van der Waals surface area (Å²) in [6.45, 7) is 3.72. The van der Waals surface area contributed by atoms with Gasteiger partial charge in [0, 0.05) is 18.7 Å². The number of rotatable bonds is 4. The first kappa shape index (κ1) is 16.8. The molecule has 1 heterocycles. The van der Waals surface area contributed by atoms with Gasteiger partial charge in [0.2, 0.25) is 5.91 Å². The van der Waals surface area contributed by atoms with Crippen molar-refractivity contribution in [1.82, 2.24) is 15.1 Å². The minimum atomic E-state index is -0.221. The number of nitrogens with zero attached hydrogens (tertiary/aromatic N) is 3. The molecule has 2 aromatic rings. The molecule has 5 nitrogen and oxygen atoms in total. The van der Waals surface area contributed by atoms with Crippen LogP contribution in [0.4, 0.5) is 0 Å². The van der Waals surface area contributed by atoms with E-state index >= 15 is 0 Å². The molecule has 1 aromatic carbocycles. The van der Waals surface area contributed by atoms with Crippen molar-refractivity contribution in [2.45, 2.75) is 19.9 Å². The van der Waals surface area contributed by atoms with Crippen molar-refractivity contribution in [1.29, 1.82) is 5.26 Å². The van der Waals surface area contributed by atoms with Crippen LogP contribution in [-0.2, 0) is 11.8 Å². The zero-order chi connectivity index (χ0) is 17.0. The fourth-order valence-corrected chi connectivity index (χ4v) is 2.42. The minimum Gasteiger partial charge on any atom is -0.346 e. The third-order valence-electron chi connectivity index (χ3n) is 3.50. The quantitative estimate of drug-likeness (QED) is 0.876. The Labute approximate surface area is 140 Å². The molecule has 23 heavy (non-hydrogen) atoms. The van der Waals surface area contributed by atoms with Crippen LogP contribution in [0.2, 0.25) is 5.15 Å². The second-order valence-electron chi connectivity index (χ2n) is 5.21. The van der Waals surface area contributed by atoms with Crippen LogP contribution >= 0.6 is 11.6 Å². The normalized spacial score (nSPS) is 12.1. The predicted molar refractivity (Wildman–Crippen MR) is 89.7 cm³/mol. The molecule has 0 aliphatic heterocycles. The van der Waals surface area contributed by atoms with E-state index in [1.807, 2.05) is 26.0 Å². The van der Waals surface area contributed by atoms with E-state index < -0.39 is 0 Å². The molecule has 0 spiro atoms. The van der Waals surface area contributed by atoms with Gasteiger partial charge in [-0.1, -0.05) is 23.7 Å². The number of hydrogen-bond donors (Lipinski definition) is 1. The van der Waals surface area contributed by atoms with Gasteiger partial charge in [0.25, 0.3) is 0 Å². The summed E-state index contributed by atoms with van der Waals surface area (Å²) >= 11 is 6.12. The number of nitriles is 1. The SMILES string of the molecule is Cc1nn(C)c(Cl)c1/C=C/C(=O)NC(C)c1ccc(C#N)cc1. The van der Waals surface area contributed by atoms with Crippen LogP contribution in [0.5, 0.6) is 0 Å². The Hall–Kier alpha value is -2.58. The molecule has 6 heteroatoms. The first-order valence-electron chi connectivity index (χ1n) is 7.10. The Morgan fingerprint density at radius 2 is 2.09 bits per heavy atom. The average Bonchev–Trinajstić information content (AvgIpc) is 2.78. The van der Waals surface area contributed by atoms with Crippen molar-refractivity contribution in [2.24, 2.45) is 7.05 Å². The van der Waals surface area contributed by atoms with Gasteiger partial charge in [-0.3, -0.25) is 9.48 Å². The Morgan fingerprint density at radius 1 is 1.43 bits per heavy atom. The molecule has 0 radical (unpaired) electrons. The Morgan fingerprint density at radius 3 is 2.61 bits per heavy atom. The minimum absolute atomic E-state index is 0.162. The van der Waals surface area contributed by atoms with Gasteiger partial charge in [-0.25, -0.2) is 0 Å². The number of aromatic nitrogens is 2. The molecule has 1 aromatic heterocycles. The molecule has 2 rings (SSSR count). The Bertz CT molecular complexity index is 784. The number of halogens is 1. The van der Waals surface area contributed by atoms with Gasteiger partial charge in [-0.15, -0.1) is 0 Å². The lowest BCUT2D eigenvalue weighted by Gasteiger charge is -2.12. The largest absolute Gasteiger partial charge is 0.346 e. The zero-order valence-electron chi connectivity index (χ0n) is 13.2. The highest BCUT2D eigenvalue weighted by Crippen LogP contribution is 2.20. The highest BCUT2D eigenvalue weighted by Gasteiger charge is 2.10. The number of hydrogen-bond acceptors (Lipinski definition) is 3. The fourth-order valence-electron chi connectivity index (χ4n) is 2.19. The van der Waals surface area contributed by atoms with E-state index in [1.165, 1.54) is 6.08 Å². The van der Waals surface area contributed by atoms with Crippen LogP contribution in [0.25, 0.3) is 6.08 Å². The lowest BCUT2D eigenvalue weighted by atomic mass is 10.1. The van der Waals surface area contributed by atoms with Gasteiger partial charge in [-0.05, 0) is 37.6 Å². The molecular formula is C17H17ClN4O. The number of aryl methyl sites for hydroxylation is 2. The van der Waals surface area contributed by atoms with Crippen molar-refractivity contribution in [2.75, 3.05) is 0 Å². The average molecular weight is 329 g/mol. The van der Waals surface area contributed by atoms with E-state index in [-0.39, 0.29) is 11.9 Å². The van der Waals surface area contributed by atoms with Crippen LogP contribution in [0.1, 0.15) is 35.3 Å². The number of carbonyl (C=O) groups is 1. The lowest BCUT2D eigenvalue weighted by Crippen LogP contribution is -2.24. The zero-order valence-corrected chi connectivity index (χ0v) is 13.9. The van der Waals surface area contributed by atoms with Crippen LogP contribution in [0, 0.1) is 18.3 Å². The van der Waals surface area contributed by atoms with Crippen LogP contribution in [0.3, 0.4) is 0 Å². The second kappa shape index (κ2) is 7.12. The number of nitrogens with one attached hydrogen (secondary N) is 1. The van der Waals surface area contributed by atoms with Gasteiger partial charge in [0.15, 0.2) is 0 Å². The monoisotopic (exact) mass is 328 g/mol. The highest BCUT2D eigenvalue weighted by atomic mass is 35.5. The Kier molecular flexibility index (Phi) is 5.20. The standard InChI is InChI=1S/C17H17ClN4O/c1-11(14-6-4-13(10-19)5-7-14)20-16(23)9-8-15-12(2)21-22(3)17(15)18/h4-9,11H,1-3H3,(H,20,23)/b9-8+. The molecule has 1 unspecified atom stereocenters. The van der Waals surface area contributed by atoms with Crippen LogP contribution in [-0.4, -0.2) is 15.7 Å². The molecule has 118 valence electrons. The molecular weight excluding hydrogens is 312 g/mol. The number of amides is 1. The number of benzene rings is 1. The van der Waals surface area contributed by atoms with Crippen molar-refractivity contribution in [3.63, 3.8) is 0 Å². The molecule has 1 atom stereocenters. The highest BCUT2D eigenvalue weighted by molar-refractivity contribution is 6.31. The summed E-state index contributed by atoms with van der Waals surface area (Å²) in [6, 6.07) is 9.02. The van der Waals surface area contributed by atoms with Gasteiger partial charge in [0.05, 0.1) is 23.4 Å². The summed E-state index contributed by atoms with van der Waals surface area (Å²) < 4.78 is 1.56. The van der Waals surface area contributed by atoms with E-state index in [4.69, 9.17) is 16.9 Å². The molecule has 1 amide bonds. The smallest absolute Gasteiger partial charge is 0.244 e. The molecule has 0 bridgehead atoms. The van der Waals surface area contributed by atoms with Crippen molar-refractivity contribution in [3.05, 3.63) is 57.9 Å². The van der Waals surface area contributed by atoms with E-state index in [0.29, 0.717) is 10.7 Å². The molecule has 0 saturated carbocycles. The first-order valence-corrected chi connectivity index (χ1v) is 7.48. The van der Waals surface area contributed by atoms with Gasteiger partial charge >= 0.3 is 0 Å². The van der Waals surface area contributed by atoms with Crippen molar-refractivity contribution in [3.8, 4) is 6.07 Å². The number of carbonyl (C=O) groups excluding carboxylic acids is 1. The van der Waals surface area contributed by atoms with Crippen LogP contribution < -0.4 is 5.32 Å². The summed E-state index contributed by atoms with van der Waals surface area (Å²) in [5.74, 6) is -0.221. The van der Waals surface area contributed by atoms with E-state index in [9.17, 15) is 4.79 Å². The maximum Gasteiger partial charge on any atom is 0.244 e. The Balaban J connectivity index is 2.03. The summed E-state index contributed by atoms with van der Waals surface area (Å²) in [5, 5.41) is 16.3. The first-order chi connectivity index (χ1) is 10.9. The molecule has 0 aliphatic rings. The second-order valence-corrected chi connectivity index (χ2v) is 5.57. The van der Waals surface area contributed by atoms with Crippen molar-refractivity contribution < 1.29 is 4.79 Å². The third kappa shape index (κ3) is 3.99. The topological polar surface area (TPSA) is 70.7 Å². The van der Waals surface area contributed by atoms with Gasteiger partial charge in [0.1, 0.15) is 5.15 Å². The van der Waals surface area contributed by atoms with E-state index in [0.717, 1.165) is 16.8 Å². The summed E-state index contributed by atoms with van der Waals surface area (Å²) in [5.41, 5.74) is 3.02. The van der Waals surface area contributed by atoms with E-state index in [1.54, 1.807) is 29.9 Å². The lowest BCUT2D eigenvalue weighted by molar-refractivity contribution is -0.117. The third-order valence-corrected chi connectivity index (χ3v) is 3.94. The molecule has 1 N–H and O–H groups in total. The molecule has 0 fully saturated rings. The summed E-state index contributed by atoms with van der Waals surface area (Å²) in [6.07, 6.45) is 3.10. The summed E-state index contributed by atoms with van der Waals surface area (Å²) in [4.78, 5) is 12.0. The van der Waals surface area contributed by atoms with Gasteiger partial charge in [-0.2, -0.15) is 10.4 Å². The van der Waals surface area contributed by atoms with Gasteiger partial charge < -0.3 is 5.32 Å². The van der Waals surface area contributed by atoms with Crippen LogP contribution in [0.15, 0.2) is 30.3 Å². The molecule has 0 saturated heterocycles. The predicted octanol–water partition coefficient (Wildman–Crippen LogP) is 3.14. The summed E-state index contributed by atoms with van der Waals surface area (Å²) in [7, 11) is 1.75. The maximum absolute atomic E-state index is 12.0. The van der Waals surface area contributed by atoms with Crippen molar-refractivity contribution >= 4 is 23.6 Å². The maximum atomic E-state index is 12.0. The van der Waals surface area contributed by atoms with E-state index in [2.05, 4.69) is 16.5 Å².